The SMILES string of the molecule is COC(C(C)C)C1(C(C)=O)CCCC1. The molecule has 0 saturated heterocycles. The fourth-order valence-electron chi connectivity index (χ4n) is 2.98. The summed E-state index contributed by atoms with van der Waals surface area (Å²) in [5, 5.41) is 0. The summed E-state index contributed by atoms with van der Waals surface area (Å²) in [4.78, 5) is 11.8. The van der Waals surface area contributed by atoms with Gasteiger partial charge in [-0.1, -0.05) is 26.7 Å². The summed E-state index contributed by atoms with van der Waals surface area (Å²) in [6.45, 7) is 5.99. The lowest BCUT2D eigenvalue weighted by Crippen LogP contribution is -2.43. The van der Waals surface area contributed by atoms with Crippen molar-refractivity contribution in [2.24, 2.45) is 11.3 Å². The molecule has 1 rings (SSSR count). The summed E-state index contributed by atoms with van der Waals surface area (Å²) in [6.07, 6.45) is 4.47. The Balaban J connectivity index is 2.90. The summed E-state index contributed by atoms with van der Waals surface area (Å²) in [5.41, 5.74) is -0.178. The average molecular weight is 198 g/mol. The van der Waals surface area contributed by atoms with Crippen LogP contribution in [-0.2, 0) is 9.53 Å². The third-order valence-electron chi connectivity index (χ3n) is 3.60. The van der Waals surface area contributed by atoms with Crippen LogP contribution >= 0.6 is 0 Å². The first-order chi connectivity index (χ1) is 6.54. The molecule has 0 N–H and O–H groups in total. The first-order valence-corrected chi connectivity index (χ1v) is 5.58. The highest BCUT2D eigenvalue weighted by Crippen LogP contribution is 2.45. The minimum atomic E-state index is -0.178. The molecular weight excluding hydrogens is 176 g/mol. The number of Topliss-reactive ketones (excluding diaryl/α,β-unsaturated/α-hetero) is 1. The number of carbonyl (C=O) groups excluding carboxylic acids is 1. The molecule has 0 aromatic rings. The van der Waals surface area contributed by atoms with E-state index >= 15 is 0 Å². The number of methoxy groups -OCH3 is 1. The van der Waals surface area contributed by atoms with Gasteiger partial charge in [0.1, 0.15) is 5.78 Å². The summed E-state index contributed by atoms with van der Waals surface area (Å²) < 4.78 is 5.54. The van der Waals surface area contributed by atoms with Gasteiger partial charge in [0, 0.05) is 7.11 Å². The third-order valence-corrected chi connectivity index (χ3v) is 3.60. The third kappa shape index (κ3) is 1.85. The summed E-state index contributed by atoms with van der Waals surface area (Å²) >= 11 is 0. The van der Waals surface area contributed by atoms with Crippen molar-refractivity contribution in [3.8, 4) is 0 Å². The van der Waals surface area contributed by atoms with Gasteiger partial charge in [0.25, 0.3) is 0 Å². The monoisotopic (exact) mass is 198 g/mol. The zero-order chi connectivity index (χ0) is 10.8. The largest absolute Gasteiger partial charge is 0.380 e. The maximum atomic E-state index is 11.8. The number of ether oxygens (including phenoxy) is 1. The quantitative estimate of drug-likeness (QED) is 0.694. The fraction of sp³-hybridized carbons (Fsp3) is 0.917. The lowest BCUT2D eigenvalue weighted by Gasteiger charge is -2.36. The Morgan fingerprint density at radius 3 is 2.07 bits per heavy atom. The van der Waals surface area contributed by atoms with Gasteiger partial charge in [0.05, 0.1) is 11.5 Å². The Morgan fingerprint density at radius 1 is 1.29 bits per heavy atom. The highest BCUT2D eigenvalue weighted by atomic mass is 16.5. The van der Waals surface area contributed by atoms with Crippen LogP contribution in [0.1, 0.15) is 46.5 Å². The molecule has 0 aromatic heterocycles. The number of rotatable bonds is 4. The summed E-state index contributed by atoms with van der Waals surface area (Å²) in [7, 11) is 1.73. The molecule has 1 atom stereocenters. The molecule has 0 spiro atoms. The van der Waals surface area contributed by atoms with Crippen LogP contribution in [0, 0.1) is 11.3 Å². The van der Waals surface area contributed by atoms with Crippen LogP contribution in [-0.4, -0.2) is 19.0 Å². The predicted octanol–water partition coefficient (Wildman–Crippen LogP) is 2.81. The van der Waals surface area contributed by atoms with Crippen molar-refractivity contribution in [2.45, 2.75) is 52.6 Å². The second-order valence-corrected chi connectivity index (χ2v) is 4.82. The zero-order valence-electron chi connectivity index (χ0n) is 9.80. The molecule has 2 nitrogen and oxygen atoms in total. The van der Waals surface area contributed by atoms with E-state index in [0.29, 0.717) is 11.7 Å². The predicted molar refractivity (Wildman–Crippen MR) is 57.2 cm³/mol. The summed E-state index contributed by atoms with van der Waals surface area (Å²) in [6, 6.07) is 0. The molecule has 0 bridgehead atoms. The Hall–Kier alpha value is -0.370. The number of hydrogen-bond donors (Lipinski definition) is 0. The van der Waals surface area contributed by atoms with E-state index in [9.17, 15) is 4.79 Å². The van der Waals surface area contributed by atoms with Gasteiger partial charge in [-0.05, 0) is 25.7 Å². The van der Waals surface area contributed by atoms with Crippen LogP contribution in [0.5, 0.6) is 0 Å². The van der Waals surface area contributed by atoms with E-state index in [-0.39, 0.29) is 11.5 Å². The molecule has 0 aliphatic heterocycles. The second-order valence-electron chi connectivity index (χ2n) is 4.82. The van der Waals surface area contributed by atoms with Crippen molar-refractivity contribution in [2.75, 3.05) is 7.11 Å². The fourth-order valence-corrected chi connectivity index (χ4v) is 2.98. The van der Waals surface area contributed by atoms with E-state index in [4.69, 9.17) is 4.74 Å². The van der Waals surface area contributed by atoms with Crippen LogP contribution in [0.2, 0.25) is 0 Å². The molecule has 1 aliphatic carbocycles. The van der Waals surface area contributed by atoms with Gasteiger partial charge in [-0.3, -0.25) is 4.79 Å². The normalized spacial score (nSPS) is 22.6. The molecular formula is C12H22O2. The minimum absolute atomic E-state index is 0.0995. The van der Waals surface area contributed by atoms with Gasteiger partial charge in [0.15, 0.2) is 0 Å². The van der Waals surface area contributed by atoms with Crippen LogP contribution in [0.3, 0.4) is 0 Å². The van der Waals surface area contributed by atoms with E-state index in [1.165, 1.54) is 12.8 Å². The van der Waals surface area contributed by atoms with Gasteiger partial charge in [-0.25, -0.2) is 0 Å². The molecule has 0 aromatic carbocycles. The number of carbonyl (C=O) groups is 1. The van der Waals surface area contributed by atoms with Crippen LogP contribution < -0.4 is 0 Å². The van der Waals surface area contributed by atoms with Crippen molar-refractivity contribution in [3.05, 3.63) is 0 Å². The number of hydrogen-bond acceptors (Lipinski definition) is 2. The Morgan fingerprint density at radius 2 is 1.79 bits per heavy atom. The molecule has 0 radical (unpaired) electrons. The molecule has 1 saturated carbocycles. The summed E-state index contributed by atoms with van der Waals surface area (Å²) in [5.74, 6) is 0.734. The van der Waals surface area contributed by atoms with E-state index < -0.39 is 0 Å². The standard InChI is InChI=1S/C12H22O2/c1-9(2)11(14-4)12(10(3)13)7-5-6-8-12/h9,11H,5-8H2,1-4H3. The van der Waals surface area contributed by atoms with Crippen molar-refractivity contribution in [3.63, 3.8) is 0 Å². The van der Waals surface area contributed by atoms with E-state index in [2.05, 4.69) is 13.8 Å². The van der Waals surface area contributed by atoms with E-state index in [1.54, 1.807) is 14.0 Å². The van der Waals surface area contributed by atoms with Gasteiger partial charge in [-0.15, -0.1) is 0 Å². The smallest absolute Gasteiger partial charge is 0.138 e. The molecule has 1 unspecified atom stereocenters. The van der Waals surface area contributed by atoms with Gasteiger partial charge >= 0.3 is 0 Å². The van der Waals surface area contributed by atoms with Gasteiger partial charge in [-0.2, -0.15) is 0 Å². The molecule has 0 heterocycles. The number of ketones is 1. The maximum absolute atomic E-state index is 11.8. The molecule has 82 valence electrons. The first kappa shape index (κ1) is 11.7. The maximum Gasteiger partial charge on any atom is 0.138 e. The Kier molecular flexibility index (Phi) is 3.71. The van der Waals surface area contributed by atoms with Crippen molar-refractivity contribution in [1.82, 2.24) is 0 Å². The molecule has 1 fully saturated rings. The highest BCUT2D eigenvalue weighted by Gasteiger charge is 2.46. The van der Waals surface area contributed by atoms with Crippen molar-refractivity contribution < 1.29 is 9.53 Å². The average Bonchev–Trinajstić information content (AvgIpc) is 2.54. The zero-order valence-corrected chi connectivity index (χ0v) is 9.80. The Bertz CT molecular complexity index is 202. The molecule has 1 aliphatic rings. The highest BCUT2D eigenvalue weighted by molar-refractivity contribution is 5.83. The van der Waals surface area contributed by atoms with Crippen LogP contribution in [0.25, 0.3) is 0 Å². The van der Waals surface area contributed by atoms with Gasteiger partial charge in [0.2, 0.25) is 0 Å². The van der Waals surface area contributed by atoms with E-state index in [0.717, 1.165) is 12.8 Å². The lowest BCUT2D eigenvalue weighted by atomic mass is 9.73. The molecule has 0 amide bonds. The van der Waals surface area contributed by atoms with Gasteiger partial charge < -0.3 is 4.74 Å². The molecule has 2 heteroatoms. The van der Waals surface area contributed by atoms with E-state index in [1.807, 2.05) is 0 Å². The lowest BCUT2D eigenvalue weighted by molar-refractivity contribution is -0.137. The van der Waals surface area contributed by atoms with Crippen molar-refractivity contribution >= 4 is 5.78 Å². The minimum Gasteiger partial charge on any atom is -0.380 e. The van der Waals surface area contributed by atoms with Crippen LogP contribution in [0.4, 0.5) is 0 Å². The Labute approximate surface area is 87.0 Å². The second kappa shape index (κ2) is 4.43. The van der Waals surface area contributed by atoms with Crippen LogP contribution in [0.15, 0.2) is 0 Å². The topological polar surface area (TPSA) is 26.3 Å². The molecule has 14 heavy (non-hydrogen) atoms. The first-order valence-electron chi connectivity index (χ1n) is 5.58. The van der Waals surface area contributed by atoms with Crippen molar-refractivity contribution in [1.29, 1.82) is 0 Å².